The van der Waals surface area contributed by atoms with Crippen molar-refractivity contribution in [1.29, 1.82) is 0 Å². The Kier molecular flexibility index (Phi) is 4.21. The highest BCUT2D eigenvalue weighted by Crippen LogP contribution is 2.31. The van der Waals surface area contributed by atoms with E-state index in [1.807, 2.05) is 10.9 Å². The molecule has 7 heteroatoms. The van der Waals surface area contributed by atoms with Crippen molar-refractivity contribution in [2.45, 2.75) is 38.9 Å². The van der Waals surface area contributed by atoms with Crippen molar-refractivity contribution < 1.29 is 4.79 Å². The van der Waals surface area contributed by atoms with Crippen molar-refractivity contribution in [2.24, 2.45) is 5.92 Å². The van der Waals surface area contributed by atoms with Crippen molar-refractivity contribution in [2.75, 3.05) is 13.1 Å². The van der Waals surface area contributed by atoms with Crippen molar-refractivity contribution in [3.8, 4) is 0 Å². The number of carbonyl (C=O) groups excluding carboxylic acids is 1. The van der Waals surface area contributed by atoms with Gasteiger partial charge in [0.25, 0.3) is 0 Å². The zero-order valence-electron chi connectivity index (χ0n) is 15.4. The third-order valence-corrected chi connectivity index (χ3v) is 6.37. The van der Waals surface area contributed by atoms with Gasteiger partial charge in [0, 0.05) is 43.4 Å². The molecule has 3 fully saturated rings. The lowest BCUT2D eigenvalue weighted by Gasteiger charge is -2.35. The van der Waals surface area contributed by atoms with Crippen LogP contribution in [-0.4, -0.2) is 49.2 Å². The highest BCUT2D eigenvalue weighted by atomic mass is 32.1. The Morgan fingerprint density at radius 2 is 2.15 bits per heavy atom. The van der Waals surface area contributed by atoms with E-state index in [-0.39, 0.29) is 12.0 Å². The third-order valence-electron chi connectivity index (χ3n) is 5.74. The maximum atomic E-state index is 13.0. The number of amides is 1. The molecule has 0 saturated carbocycles. The van der Waals surface area contributed by atoms with Gasteiger partial charge in [0.2, 0.25) is 5.91 Å². The number of piperidine rings is 1. The molecule has 6 heterocycles. The van der Waals surface area contributed by atoms with E-state index >= 15 is 0 Å². The maximum absolute atomic E-state index is 13.0. The number of nitrogens with zero attached hydrogens (tertiary/aromatic N) is 5. The molecule has 2 atom stereocenters. The SMILES string of the molecule is Cc1ccn2cc(CN3C[C@H]4CC[C@@H](C3)N(Cc3cscn3)C4=O)nc2c1. The number of pyridine rings is 1. The Morgan fingerprint density at radius 1 is 1.22 bits per heavy atom. The number of hydrogen-bond acceptors (Lipinski definition) is 5. The van der Waals surface area contributed by atoms with E-state index in [2.05, 4.69) is 50.6 Å². The fraction of sp³-hybridized carbons (Fsp3) is 0.450. The van der Waals surface area contributed by atoms with Gasteiger partial charge in [-0.1, -0.05) is 0 Å². The molecule has 0 spiro atoms. The number of hydrogen-bond donors (Lipinski definition) is 0. The van der Waals surface area contributed by atoms with Crippen LogP contribution in [0.1, 0.15) is 29.8 Å². The molecule has 27 heavy (non-hydrogen) atoms. The summed E-state index contributed by atoms with van der Waals surface area (Å²) < 4.78 is 2.08. The molecule has 0 radical (unpaired) electrons. The molecule has 2 bridgehead atoms. The number of rotatable bonds is 4. The molecule has 0 aliphatic carbocycles. The summed E-state index contributed by atoms with van der Waals surface area (Å²) in [4.78, 5) is 26.6. The molecule has 3 aromatic rings. The van der Waals surface area contributed by atoms with Crippen molar-refractivity contribution in [1.82, 2.24) is 24.2 Å². The Balaban J connectivity index is 1.35. The third kappa shape index (κ3) is 3.26. The van der Waals surface area contributed by atoms with Crippen LogP contribution in [0.2, 0.25) is 0 Å². The Morgan fingerprint density at radius 3 is 3.00 bits per heavy atom. The quantitative estimate of drug-likeness (QED) is 0.697. The summed E-state index contributed by atoms with van der Waals surface area (Å²) in [5.41, 5.74) is 6.12. The van der Waals surface area contributed by atoms with Gasteiger partial charge in [-0.15, -0.1) is 11.3 Å². The molecule has 0 unspecified atom stereocenters. The van der Waals surface area contributed by atoms with Crippen LogP contribution in [0.3, 0.4) is 0 Å². The summed E-state index contributed by atoms with van der Waals surface area (Å²) in [5, 5.41) is 2.04. The topological polar surface area (TPSA) is 53.7 Å². The minimum absolute atomic E-state index is 0.0988. The minimum Gasteiger partial charge on any atom is -0.332 e. The first kappa shape index (κ1) is 16.9. The second-order valence-electron chi connectivity index (χ2n) is 7.77. The van der Waals surface area contributed by atoms with Crippen LogP contribution in [0.5, 0.6) is 0 Å². The highest BCUT2D eigenvalue weighted by molar-refractivity contribution is 7.07. The Labute approximate surface area is 162 Å². The molecule has 140 valence electrons. The molecule has 3 aliphatic heterocycles. The first-order chi connectivity index (χ1) is 13.2. The number of thiazole rings is 1. The number of carbonyl (C=O) groups is 1. The fourth-order valence-electron chi connectivity index (χ4n) is 4.40. The summed E-state index contributed by atoms with van der Waals surface area (Å²) in [5.74, 6) is 0.397. The number of imidazole rings is 1. The van der Waals surface area contributed by atoms with Gasteiger partial charge in [0.1, 0.15) is 5.65 Å². The van der Waals surface area contributed by atoms with Gasteiger partial charge in [-0.3, -0.25) is 9.69 Å². The molecular weight excluding hydrogens is 358 g/mol. The molecular formula is C20H23N5OS. The molecule has 3 aromatic heterocycles. The summed E-state index contributed by atoms with van der Waals surface area (Å²) in [6.07, 6.45) is 6.25. The average molecular weight is 382 g/mol. The Hall–Kier alpha value is -2.25. The first-order valence-electron chi connectivity index (χ1n) is 9.50. The minimum atomic E-state index is 0.0988. The highest BCUT2D eigenvalue weighted by Gasteiger charge is 2.40. The van der Waals surface area contributed by atoms with Gasteiger partial charge in [-0.25, -0.2) is 9.97 Å². The lowest BCUT2D eigenvalue weighted by molar-refractivity contribution is -0.140. The molecule has 3 aliphatic rings. The van der Waals surface area contributed by atoms with Crippen LogP contribution < -0.4 is 0 Å². The largest absolute Gasteiger partial charge is 0.332 e. The van der Waals surface area contributed by atoms with Crippen molar-refractivity contribution in [3.63, 3.8) is 0 Å². The number of fused-ring (bicyclic) bond motifs is 5. The van der Waals surface area contributed by atoms with Crippen LogP contribution in [0.25, 0.3) is 5.65 Å². The molecule has 0 N–H and O–H groups in total. The van der Waals surface area contributed by atoms with Crippen LogP contribution in [0, 0.1) is 12.8 Å². The Bertz CT molecular complexity index is 966. The van der Waals surface area contributed by atoms with Gasteiger partial charge in [0.05, 0.1) is 29.4 Å². The summed E-state index contributed by atoms with van der Waals surface area (Å²) in [7, 11) is 0. The van der Waals surface area contributed by atoms with Crippen molar-refractivity contribution >= 4 is 22.9 Å². The molecule has 1 amide bonds. The van der Waals surface area contributed by atoms with Gasteiger partial charge >= 0.3 is 0 Å². The van der Waals surface area contributed by atoms with E-state index < -0.39 is 0 Å². The number of aryl methyl sites for hydroxylation is 1. The average Bonchev–Trinajstić information content (AvgIpc) is 3.21. The zero-order chi connectivity index (χ0) is 18.4. The molecule has 3 saturated heterocycles. The van der Waals surface area contributed by atoms with Gasteiger partial charge in [-0.05, 0) is 37.5 Å². The predicted molar refractivity (Wildman–Crippen MR) is 104 cm³/mol. The van der Waals surface area contributed by atoms with E-state index in [0.29, 0.717) is 12.5 Å². The smallest absolute Gasteiger partial charge is 0.227 e. The van der Waals surface area contributed by atoms with Crippen LogP contribution in [-0.2, 0) is 17.9 Å². The van der Waals surface area contributed by atoms with E-state index in [1.165, 1.54) is 5.56 Å². The molecule has 6 rings (SSSR count). The van der Waals surface area contributed by atoms with E-state index in [4.69, 9.17) is 4.98 Å². The maximum Gasteiger partial charge on any atom is 0.227 e. The van der Waals surface area contributed by atoms with E-state index in [0.717, 1.165) is 49.5 Å². The summed E-state index contributed by atoms with van der Waals surface area (Å²) in [6, 6.07) is 4.48. The van der Waals surface area contributed by atoms with Gasteiger partial charge < -0.3 is 9.30 Å². The summed E-state index contributed by atoms with van der Waals surface area (Å²) in [6.45, 7) is 5.27. The van der Waals surface area contributed by atoms with Gasteiger partial charge in [0.15, 0.2) is 0 Å². The zero-order valence-corrected chi connectivity index (χ0v) is 16.2. The standard InChI is InChI=1S/C20H23N5OS/c1-14-4-5-24-9-16(22-19(24)6-14)8-23-7-15-2-3-18(11-23)25(20(15)26)10-17-12-27-13-21-17/h4-6,9,12-13,15,18H,2-3,7-8,10-11H2,1H3/t15-,18+/m1/s1. The molecule has 6 nitrogen and oxygen atoms in total. The number of aromatic nitrogens is 3. The van der Waals surface area contributed by atoms with Crippen LogP contribution in [0.4, 0.5) is 0 Å². The summed E-state index contributed by atoms with van der Waals surface area (Å²) >= 11 is 1.59. The first-order valence-corrected chi connectivity index (χ1v) is 10.4. The lowest BCUT2D eigenvalue weighted by Crippen LogP contribution is -2.47. The monoisotopic (exact) mass is 381 g/mol. The normalized spacial score (nSPS) is 23.3. The van der Waals surface area contributed by atoms with E-state index in [1.54, 1.807) is 11.3 Å². The lowest BCUT2D eigenvalue weighted by atomic mass is 9.94. The second-order valence-corrected chi connectivity index (χ2v) is 8.49. The predicted octanol–water partition coefficient (Wildman–Crippen LogP) is 2.72. The molecule has 0 aromatic carbocycles. The van der Waals surface area contributed by atoms with Crippen LogP contribution in [0.15, 0.2) is 35.4 Å². The van der Waals surface area contributed by atoms with Crippen LogP contribution >= 0.6 is 11.3 Å². The van der Waals surface area contributed by atoms with E-state index in [9.17, 15) is 4.79 Å². The second kappa shape index (κ2) is 6.73. The van der Waals surface area contributed by atoms with Crippen molar-refractivity contribution in [3.05, 3.63) is 52.4 Å². The van der Waals surface area contributed by atoms with Gasteiger partial charge in [-0.2, -0.15) is 0 Å². The fourth-order valence-corrected chi connectivity index (χ4v) is 4.95.